The molecule has 206 valence electrons. The fraction of sp³-hybridized carbons (Fsp3) is 0.378. The maximum atomic E-state index is 9.40. The molecule has 3 aromatic carbocycles. The summed E-state index contributed by atoms with van der Waals surface area (Å²) < 4.78 is 53.4. The molecule has 0 amide bonds. The highest BCUT2D eigenvalue weighted by Crippen LogP contribution is 2.43. The number of rotatable bonds is 4. The summed E-state index contributed by atoms with van der Waals surface area (Å²) in [5, 5.41) is 3.18. The quantitative estimate of drug-likeness (QED) is 0.160. The monoisotopic (exact) mass is 551 g/mol. The Kier molecular flexibility index (Phi) is 5.24. The van der Waals surface area contributed by atoms with Gasteiger partial charge in [0.1, 0.15) is 18.2 Å². The first kappa shape index (κ1) is 21.6. The number of nitrogens with zero attached hydrogens (tertiary/aromatic N) is 1. The first-order valence-electron chi connectivity index (χ1n) is 17.0. The summed E-state index contributed by atoms with van der Waals surface area (Å²) in [6.07, 6.45) is 5.26. The Bertz CT molecular complexity index is 1950. The molecule has 0 unspecified atom stereocenters. The van der Waals surface area contributed by atoms with Gasteiger partial charge >= 0.3 is 0 Å². The normalized spacial score (nSPS) is 19.1. The second kappa shape index (κ2) is 9.73. The Balaban J connectivity index is 1.64. The van der Waals surface area contributed by atoms with Crippen LogP contribution in [0.4, 0.5) is 0 Å². The number of pyridine rings is 1. The summed E-state index contributed by atoms with van der Waals surface area (Å²) in [4.78, 5) is 0. The molecular formula is C37H44NOSi+. The van der Waals surface area contributed by atoms with Crippen molar-refractivity contribution in [3.05, 3.63) is 83.5 Å². The molecule has 2 aromatic heterocycles. The molecule has 3 heteroatoms. The Labute approximate surface area is 248 Å². The molecule has 5 aromatic rings. The van der Waals surface area contributed by atoms with Crippen molar-refractivity contribution < 1.29 is 15.8 Å². The molecule has 0 spiro atoms. The number of hydrogen-bond acceptors (Lipinski definition) is 1. The second-order valence-electron chi connectivity index (χ2n) is 13.5. The van der Waals surface area contributed by atoms with Gasteiger partial charge in [-0.05, 0) is 84.7 Å². The largest absolute Gasteiger partial charge is 0.455 e. The van der Waals surface area contributed by atoms with Crippen molar-refractivity contribution in [3.8, 4) is 22.4 Å². The van der Waals surface area contributed by atoms with Gasteiger partial charge < -0.3 is 4.42 Å². The third kappa shape index (κ3) is 4.73. The molecule has 0 N–H and O–H groups in total. The van der Waals surface area contributed by atoms with Crippen molar-refractivity contribution in [2.24, 2.45) is 12.5 Å². The molecule has 0 radical (unpaired) electrons. The van der Waals surface area contributed by atoms with Crippen LogP contribution in [0.3, 0.4) is 0 Å². The molecule has 1 aliphatic rings. The fourth-order valence-corrected chi connectivity index (χ4v) is 7.94. The molecule has 1 saturated carbocycles. The Hall–Kier alpha value is -3.17. The van der Waals surface area contributed by atoms with E-state index in [4.69, 9.17) is 8.53 Å². The highest BCUT2D eigenvalue weighted by atomic mass is 28.3. The SMILES string of the molecule is [2H]c1cc(C2([2H])CCC(C)(C)CC2)cc(C([2H])([2H])[2H])c1-c1cc(-c2c(C)ccc3c2oc2ccccc23)[n+](C)cc1[Si](C)(C)C. The average Bonchev–Trinajstić information content (AvgIpc) is 3.32. The molecule has 1 fully saturated rings. The van der Waals surface area contributed by atoms with E-state index >= 15 is 0 Å². The first-order valence-corrected chi connectivity index (χ1v) is 18.0. The number of furan rings is 1. The van der Waals surface area contributed by atoms with E-state index in [9.17, 15) is 2.74 Å². The lowest BCUT2D eigenvalue weighted by atomic mass is 9.71. The van der Waals surface area contributed by atoms with Gasteiger partial charge in [-0.2, -0.15) is 0 Å². The van der Waals surface area contributed by atoms with Gasteiger partial charge in [-0.1, -0.05) is 82.0 Å². The summed E-state index contributed by atoms with van der Waals surface area (Å²) in [6, 6.07) is 18.0. The van der Waals surface area contributed by atoms with Crippen LogP contribution in [0.1, 0.15) is 69.0 Å². The van der Waals surface area contributed by atoms with Crippen LogP contribution >= 0.6 is 0 Å². The number of fused-ring (bicyclic) bond motifs is 3. The summed E-state index contributed by atoms with van der Waals surface area (Å²) in [6.45, 7) is 10.9. The van der Waals surface area contributed by atoms with E-state index in [-0.39, 0.29) is 17.0 Å². The highest BCUT2D eigenvalue weighted by Gasteiger charge is 2.31. The Morgan fingerprint density at radius 2 is 1.73 bits per heavy atom. The number of aryl methyl sites for hydroxylation is 3. The van der Waals surface area contributed by atoms with Gasteiger partial charge in [0.25, 0.3) is 0 Å². The zero-order valence-electron chi connectivity index (χ0n) is 30.0. The molecule has 0 bridgehead atoms. The van der Waals surface area contributed by atoms with E-state index < -0.39 is 20.8 Å². The Morgan fingerprint density at radius 1 is 0.975 bits per heavy atom. The topological polar surface area (TPSA) is 17.0 Å². The van der Waals surface area contributed by atoms with E-state index in [1.807, 2.05) is 25.2 Å². The summed E-state index contributed by atoms with van der Waals surface area (Å²) in [5.74, 6) is -0.895. The van der Waals surface area contributed by atoms with E-state index in [0.717, 1.165) is 62.4 Å². The standard InChI is InChI=1S/C37H44NOSi/c1-24-13-15-30-29-11-9-10-12-33(29)39-36(30)35(24)32-22-31(34(23-38(32)5)40(6,7)8)28-16-14-27(21-25(28)2)26-17-19-37(3,4)20-18-26/h9-16,21-23,26H,17-20H2,1-8H3/q+1/i2D3,16D,26D. The number of benzene rings is 3. The van der Waals surface area contributed by atoms with Crippen LogP contribution < -0.4 is 9.75 Å². The molecule has 2 heterocycles. The van der Waals surface area contributed by atoms with Gasteiger partial charge in [0.05, 0.1) is 15.0 Å². The molecule has 6 rings (SSSR count). The van der Waals surface area contributed by atoms with Crippen LogP contribution in [0, 0.1) is 19.2 Å². The summed E-state index contributed by atoms with van der Waals surface area (Å²) in [5.41, 5.74) is 6.77. The van der Waals surface area contributed by atoms with Gasteiger partial charge in [0.2, 0.25) is 5.69 Å². The summed E-state index contributed by atoms with van der Waals surface area (Å²) in [7, 11) is -0.00442. The van der Waals surface area contributed by atoms with Crippen molar-refractivity contribution in [1.82, 2.24) is 0 Å². The van der Waals surface area contributed by atoms with Crippen LogP contribution in [-0.2, 0) is 7.05 Å². The van der Waals surface area contributed by atoms with Crippen molar-refractivity contribution in [3.63, 3.8) is 0 Å². The van der Waals surface area contributed by atoms with E-state index in [0.29, 0.717) is 24.0 Å². The van der Waals surface area contributed by atoms with E-state index in [1.54, 1.807) is 12.1 Å². The van der Waals surface area contributed by atoms with Gasteiger partial charge in [-0.3, -0.25) is 0 Å². The van der Waals surface area contributed by atoms with Gasteiger partial charge in [0, 0.05) is 27.5 Å². The van der Waals surface area contributed by atoms with Gasteiger partial charge in [-0.25, -0.2) is 4.57 Å². The molecule has 1 aliphatic carbocycles. The molecule has 40 heavy (non-hydrogen) atoms. The molecule has 0 saturated heterocycles. The van der Waals surface area contributed by atoms with E-state index in [1.165, 1.54) is 0 Å². The minimum Gasteiger partial charge on any atom is -0.455 e. The van der Waals surface area contributed by atoms with Crippen LogP contribution in [0.25, 0.3) is 44.3 Å². The maximum Gasteiger partial charge on any atom is 0.216 e. The lowest BCUT2D eigenvalue weighted by Crippen LogP contribution is -2.46. The van der Waals surface area contributed by atoms with Crippen molar-refractivity contribution in [2.75, 3.05) is 0 Å². The minimum atomic E-state index is -2.45. The van der Waals surface area contributed by atoms with Crippen molar-refractivity contribution in [2.45, 2.75) is 78.8 Å². The number of para-hydroxylation sites is 1. The van der Waals surface area contributed by atoms with E-state index in [2.05, 4.69) is 75.4 Å². The lowest BCUT2D eigenvalue weighted by molar-refractivity contribution is -0.659. The smallest absolute Gasteiger partial charge is 0.216 e. The zero-order valence-corrected chi connectivity index (χ0v) is 26.0. The third-order valence-corrected chi connectivity index (χ3v) is 10.9. The summed E-state index contributed by atoms with van der Waals surface area (Å²) >= 11 is 0. The average molecular weight is 552 g/mol. The Morgan fingerprint density at radius 3 is 2.45 bits per heavy atom. The van der Waals surface area contributed by atoms with Crippen LogP contribution in [0.5, 0.6) is 0 Å². The molecule has 0 atom stereocenters. The molecule has 2 nitrogen and oxygen atoms in total. The van der Waals surface area contributed by atoms with Gasteiger partial charge in [0.15, 0.2) is 6.20 Å². The zero-order chi connectivity index (χ0) is 32.7. The first-order chi connectivity index (χ1) is 20.9. The predicted octanol–water partition coefficient (Wildman–Crippen LogP) is 9.59. The van der Waals surface area contributed by atoms with Crippen molar-refractivity contribution >= 4 is 35.2 Å². The highest BCUT2D eigenvalue weighted by molar-refractivity contribution is 6.89. The third-order valence-electron chi connectivity index (χ3n) is 8.92. The van der Waals surface area contributed by atoms with Crippen LogP contribution in [-0.4, -0.2) is 8.07 Å². The fourth-order valence-electron chi connectivity index (χ4n) is 6.35. The molecular weight excluding hydrogens is 502 g/mol. The maximum absolute atomic E-state index is 9.40. The number of aromatic nitrogens is 1. The molecule has 0 aliphatic heterocycles. The second-order valence-corrected chi connectivity index (χ2v) is 18.6. The minimum absolute atomic E-state index is 0.166. The van der Waals surface area contributed by atoms with Crippen LogP contribution in [0.15, 0.2) is 71.3 Å². The lowest BCUT2D eigenvalue weighted by Gasteiger charge is -2.34. The number of hydrogen-bond donors (Lipinski definition) is 0. The predicted molar refractivity (Wildman–Crippen MR) is 173 cm³/mol. The van der Waals surface area contributed by atoms with Crippen LogP contribution in [0.2, 0.25) is 19.6 Å². The van der Waals surface area contributed by atoms with Gasteiger partial charge in [-0.15, -0.1) is 0 Å². The van der Waals surface area contributed by atoms with Crippen molar-refractivity contribution in [1.29, 1.82) is 0 Å².